The molecule has 0 radical (unpaired) electrons. The van der Waals surface area contributed by atoms with Crippen LogP contribution in [0.15, 0.2) is 63.9 Å². The number of para-hydroxylation sites is 1. The molecule has 0 aliphatic heterocycles. The molecule has 28 heavy (non-hydrogen) atoms. The van der Waals surface area contributed by atoms with Crippen molar-refractivity contribution in [3.8, 4) is 5.75 Å². The Hall–Kier alpha value is -3.54. The Morgan fingerprint density at radius 1 is 1.11 bits per heavy atom. The summed E-state index contributed by atoms with van der Waals surface area (Å²) in [7, 11) is 1.57. The molecule has 0 bridgehead atoms. The summed E-state index contributed by atoms with van der Waals surface area (Å²) in [5, 5.41) is 4.79. The maximum absolute atomic E-state index is 12.4. The Morgan fingerprint density at radius 2 is 1.96 bits per heavy atom. The monoisotopic (exact) mass is 376 g/mol. The zero-order chi connectivity index (χ0) is 19.5. The summed E-state index contributed by atoms with van der Waals surface area (Å²) in [6.07, 6.45) is 2.80. The van der Waals surface area contributed by atoms with Crippen molar-refractivity contribution in [3.63, 3.8) is 0 Å². The van der Waals surface area contributed by atoms with Crippen molar-refractivity contribution in [1.82, 2.24) is 10.3 Å². The Morgan fingerprint density at radius 3 is 2.82 bits per heavy atom. The van der Waals surface area contributed by atoms with Crippen LogP contribution in [0.4, 0.5) is 0 Å². The van der Waals surface area contributed by atoms with Crippen molar-refractivity contribution in [3.05, 3.63) is 76.3 Å². The fourth-order valence-electron chi connectivity index (χ4n) is 3.39. The van der Waals surface area contributed by atoms with E-state index >= 15 is 0 Å². The van der Waals surface area contributed by atoms with Gasteiger partial charge in [-0.3, -0.25) is 4.79 Å². The van der Waals surface area contributed by atoms with Gasteiger partial charge in [-0.2, -0.15) is 0 Å². The van der Waals surface area contributed by atoms with Crippen LogP contribution in [0.25, 0.3) is 21.9 Å². The van der Waals surface area contributed by atoms with Crippen molar-refractivity contribution in [2.24, 2.45) is 0 Å². The second kappa shape index (κ2) is 7.60. The molecule has 0 atom stereocenters. The van der Waals surface area contributed by atoms with Gasteiger partial charge in [-0.15, -0.1) is 0 Å². The largest absolute Gasteiger partial charge is 0.497 e. The minimum atomic E-state index is -0.473. The molecule has 0 spiro atoms. The SMILES string of the molecule is COc1ccc2oc(=O)cc(CC(=O)NCCc3c[nH]c4ccccc34)c2c1. The highest BCUT2D eigenvalue weighted by molar-refractivity contribution is 5.88. The van der Waals surface area contributed by atoms with Crippen LogP contribution < -0.4 is 15.7 Å². The van der Waals surface area contributed by atoms with Gasteiger partial charge in [-0.05, 0) is 41.8 Å². The van der Waals surface area contributed by atoms with Crippen LogP contribution in [-0.2, 0) is 17.6 Å². The van der Waals surface area contributed by atoms with Crippen LogP contribution in [0.1, 0.15) is 11.1 Å². The third kappa shape index (κ3) is 3.62. The average Bonchev–Trinajstić information content (AvgIpc) is 3.11. The summed E-state index contributed by atoms with van der Waals surface area (Å²) in [5.41, 5.74) is 2.83. The van der Waals surface area contributed by atoms with E-state index in [4.69, 9.17) is 9.15 Å². The number of aromatic nitrogens is 1. The van der Waals surface area contributed by atoms with Crippen molar-refractivity contribution in [2.45, 2.75) is 12.8 Å². The number of benzene rings is 2. The van der Waals surface area contributed by atoms with E-state index in [0.717, 1.165) is 22.9 Å². The van der Waals surface area contributed by atoms with Gasteiger partial charge in [-0.25, -0.2) is 4.79 Å². The Balaban J connectivity index is 1.45. The molecule has 2 aromatic carbocycles. The van der Waals surface area contributed by atoms with E-state index in [1.807, 2.05) is 24.4 Å². The van der Waals surface area contributed by atoms with E-state index in [9.17, 15) is 9.59 Å². The highest BCUT2D eigenvalue weighted by Gasteiger charge is 2.11. The Bertz CT molecular complexity index is 1210. The standard InChI is InChI=1S/C22H20N2O4/c1-27-16-6-7-20-18(12-16)15(11-22(26)28-20)10-21(25)23-9-8-14-13-24-19-5-3-2-4-17(14)19/h2-7,11-13,24H,8-10H2,1H3,(H,23,25). The fraction of sp³-hybridized carbons (Fsp3) is 0.182. The van der Waals surface area contributed by atoms with Gasteiger partial charge in [0.1, 0.15) is 11.3 Å². The summed E-state index contributed by atoms with van der Waals surface area (Å²) in [5.74, 6) is 0.497. The number of amides is 1. The van der Waals surface area contributed by atoms with Gasteiger partial charge in [-0.1, -0.05) is 18.2 Å². The van der Waals surface area contributed by atoms with E-state index in [0.29, 0.717) is 28.8 Å². The van der Waals surface area contributed by atoms with E-state index < -0.39 is 5.63 Å². The maximum Gasteiger partial charge on any atom is 0.336 e. The number of ether oxygens (including phenoxy) is 1. The smallest absolute Gasteiger partial charge is 0.336 e. The Kier molecular flexibility index (Phi) is 4.85. The number of hydrogen-bond donors (Lipinski definition) is 2. The predicted octanol–water partition coefficient (Wildman–Crippen LogP) is 3.18. The number of H-pyrrole nitrogens is 1. The minimum Gasteiger partial charge on any atom is -0.497 e. The molecule has 2 N–H and O–H groups in total. The molecule has 142 valence electrons. The minimum absolute atomic E-state index is 0.100. The van der Waals surface area contributed by atoms with Crippen molar-refractivity contribution in [2.75, 3.05) is 13.7 Å². The molecule has 0 aliphatic carbocycles. The lowest BCUT2D eigenvalue weighted by Gasteiger charge is -2.08. The second-order valence-corrected chi connectivity index (χ2v) is 6.59. The number of hydrogen-bond acceptors (Lipinski definition) is 4. The molecule has 6 heteroatoms. The van der Waals surface area contributed by atoms with Crippen molar-refractivity contribution < 1.29 is 13.9 Å². The van der Waals surface area contributed by atoms with E-state index in [1.54, 1.807) is 25.3 Å². The molecule has 0 fully saturated rings. The highest BCUT2D eigenvalue weighted by Crippen LogP contribution is 2.23. The summed E-state index contributed by atoms with van der Waals surface area (Å²) in [4.78, 5) is 27.5. The van der Waals surface area contributed by atoms with Crippen LogP contribution in [0.2, 0.25) is 0 Å². The van der Waals surface area contributed by atoms with Crippen LogP contribution >= 0.6 is 0 Å². The molecule has 0 unspecified atom stereocenters. The second-order valence-electron chi connectivity index (χ2n) is 6.59. The molecule has 0 saturated carbocycles. The zero-order valence-corrected chi connectivity index (χ0v) is 15.5. The number of rotatable bonds is 6. The van der Waals surface area contributed by atoms with E-state index in [2.05, 4.69) is 16.4 Å². The van der Waals surface area contributed by atoms with E-state index in [-0.39, 0.29) is 12.3 Å². The summed E-state index contributed by atoms with van der Waals surface area (Å²) in [6, 6.07) is 14.6. The number of nitrogens with one attached hydrogen (secondary N) is 2. The molecule has 2 aromatic heterocycles. The highest BCUT2D eigenvalue weighted by atomic mass is 16.5. The van der Waals surface area contributed by atoms with Gasteiger partial charge in [0.25, 0.3) is 0 Å². The molecule has 6 nitrogen and oxygen atoms in total. The maximum atomic E-state index is 12.4. The normalized spacial score (nSPS) is 11.0. The average molecular weight is 376 g/mol. The lowest BCUT2D eigenvalue weighted by Crippen LogP contribution is -2.27. The molecule has 4 rings (SSSR count). The quantitative estimate of drug-likeness (QED) is 0.506. The number of carbonyl (C=O) groups excluding carboxylic acids is 1. The number of carbonyl (C=O) groups is 1. The first kappa shape index (κ1) is 17.9. The predicted molar refractivity (Wildman–Crippen MR) is 108 cm³/mol. The van der Waals surface area contributed by atoms with Crippen LogP contribution in [0.3, 0.4) is 0 Å². The summed E-state index contributed by atoms with van der Waals surface area (Å²) < 4.78 is 10.4. The first-order valence-electron chi connectivity index (χ1n) is 9.06. The van der Waals surface area contributed by atoms with Gasteiger partial charge in [0, 0.05) is 35.1 Å². The van der Waals surface area contributed by atoms with Crippen molar-refractivity contribution >= 4 is 27.8 Å². The Labute approximate surface area is 161 Å². The molecule has 4 aromatic rings. The van der Waals surface area contributed by atoms with Gasteiger partial charge >= 0.3 is 5.63 Å². The summed E-state index contributed by atoms with van der Waals surface area (Å²) in [6.45, 7) is 0.517. The molecular formula is C22H20N2O4. The van der Waals surface area contributed by atoms with Crippen molar-refractivity contribution in [1.29, 1.82) is 0 Å². The lowest BCUT2D eigenvalue weighted by atomic mass is 10.1. The number of fused-ring (bicyclic) bond motifs is 2. The molecule has 2 heterocycles. The topological polar surface area (TPSA) is 84.3 Å². The molecule has 1 amide bonds. The van der Waals surface area contributed by atoms with Gasteiger partial charge in [0.15, 0.2) is 0 Å². The van der Waals surface area contributed by atoms with E-state index in [1.165, 1.54) is 6.07 Å². The lowest BCUT2D eigenvalue weighted by molar-refractivity contribution is -0.120. The fourth-order valence-corrected chi connectivity index (χ4v) is 3.39. The third-order valence-electron chi connectivity index (χ3n) is 4.78. The summed E-state index contributed by atoms with van der Waals surface area (Å²) >= 11 is 0. The first-order valence-corrected chi connectivity index (χ1v) is 9.06. The van der Waals surface area contributed by atoms with Crippen LogP contribution in [0.5, 0.6) is 5.75 Å². The number of methoxy groups -OCH3 is 1. The third-order valence-corrected chi connectivity index (χ3v) is 4.78. The van der Waals surface area contributed by atoms with Gasteiger partial charge < -0.3 is 19.5 Å². The molecule has 0 aliphatic rings. The molecule has 0 saturated heterocycles. The van der Waals surface area contributed by atoms with Crippen LogP contribution in [0, 0.1) is 0 Å². The first-order chi connectivity index (χ1) is 13.6. The van der Waals surface area contributed by atoms with Gasteiger partial charge in [0.2, 0.25) is 5.91 Å². The number of aromatic amines is 1. The zero-order valence-electron chi connectivity index (χ0n) is 15.5. The van der Waals surface area contributed by atoms with Gasteiger partial charge in [0.05, 0.1) is 13.5 Å². The molecular weight excluding hydrogens is 356 g/mol. The van der Waals surface area contributed by atoms with Crippen LogP contribution in [-0.4, -0.2) is 24.5 Å².